The fourth-order valence-electron chi connectivity index (χ4n) is 2.23. The number of amides is 3. The summed E-state index contributed by atoms with van der Waals surface area (Å²) in [5.41, 5.74) is 0.919. The Kier molecular flexibility index (Phi) is 4.18. The molecule has 0 spiro atoms. The number of carbonyl (C=O) groups is 2. The van der Waals surface area contributed by atoms with E-state index >= 15 is 0 Å². The number of nitrogens with one attached hydrogen (secondary N) is 1. The van der Waals surface area contributed by atoms with Crippen molar-refractivity contribution in [1.29, 1.82) is 0 Å². The maximum absolute atomic E-state index is 13.7. The molecule has 1 saturated heterocycles. The van der Waals surface area contributed by atoms with Gasteiger partial charge < -0.3 is 10.1 Å². The molecule has 7 heteroatoms. The number of pyridine rings is 1. The van der Waals surface area contributed by atoms with Crippen molar-refractivity contribution in [2.24, 2.45) is 0 Å². The molecule has 0 aliphatic carbocycles. The molecule has 2 heterocycles. The van der Waals surface area contributed by atoms with Gasteiger partial charge in [0.15, 0.2) is 0 Å². The summed E-state index contributed by atoms with van der Waals surface area (Å²) in [6.07, 6.45) is 1.48. The minimum atomic E-state index is -0.411. The number of hydrogen-bond donors (Lipinski definition) is 1. The van der Waals surface area contributed by atoms with E-state index in [0.29, 0.717) is 17.0 Å². The number of imide groups is 1. The minimum absolute atomic E-state index is 0.0255. The van der Waals surface area contributed by atoms with Crippen LogP contribution in [0, 0.1) is 5.82 Å². The number of nitrogens with zero attached hydrogens (tertiary/aromatic N) is 2. The lowest BCUT2D eigenvalue weighted by Crippen LogP contribution is -2.34. The number of hydrogen-bond acceptors (Lipinski definition) is 4. The van der Waals surface area contributed by atoms with E-state index in [4.69, 9.17) is 4.74 Å². The monoisotopic (exact) mass is 315 g/mol. The summed E-state index contributed by atoms with van der Waals surface area (Å²) < 4.78 is 19.1. The van der Waals surface area contributed by atoms with Gasteiger partial charge in [-0.15, -0.1) is 0 Å². The Morgan fingerprint density at radius 1 is 1.22 bits per heavy atom. The predicted octanol–water partition coefficient (Wildman–Crippen LogP) is 1.82. The summed E-state index contributed by atoms with van der Waals surface area (Å²) >= 11 is 0. The standard InChI is InChI=1S/C16H14FN3O3/c17-13-4-2-1-3-12(13)14-6-5-11(9-18-14)23-8-7-20-15(21)10-19-16(20)22/h1-6,9H,7-8,10H2,(H,19,22). The normalized spacial score (nSPS) is 14.0. The highest BCUT2D eigenvalue weighted by Gasteiger charge is 2.27. The van der Waals surface area contributed by atoms with Crippen molar-refractivity contribution >= 4 is 11.9 Å². The van der Waals surface area contributed by atoms with Crippen molar-refractivity contribution < 1.29 is 18.7 Å². The van der Waals surface area contributed by atoms with E-state index < -0.39 is 6.03 Å². The van der Waals surface area contributed by atoms with Crippen LogP contribution in [0.3, 0.4) is 0 Å². The summed E-state index contributed by atoms with van der Waals surface area (Å²) in [5, 5.41) is 2.43. The Morgan fingerprint density at radius 2 is 2.04 bits per heavy atom. The number of aromatic nitrogens is 1. The molecule has 23 heavy (non-hydrogen) atoms. The first kappa shape index (κ1) is 15.0. The van der Waals surface area contributed by atoms with Gasteiger partial charge in [0, 0.05) is 5.56 Å². The fourth-order valence-corrected chi connectivity index (χ4v) is 2.23. The van der Waals surface area contributed by atoms with Gasteiger partial charge in [-0.1, -0.05) is 12.1 Å². The molecule has 1 aliphatic rings. The first-order valence-electron chi connectivity index (χ1n) is 7.07. The van der Waals surface area contributed by atoms with Crippen LogP contribution in [0.1, 0.15) is 0 Å². The lowest BCUT2D eigenvalue weighted by atomic mass is 10.1. The summed E-state index contributed by atoms with van der Waals surface area (Å²) in [7, 11) is 0. The molecule has 0 atom stereocenters. The maximum Gasteiger partial charge on any atom is 0.324 e. The maximum atomic E-state index is 13.7. The van der Waals surface area contributed by atoms with Gasteiger partial charge in [0.1, 0.15) is 18.2 Å². The smallest absolute Gasteiger partial charge is 0.324 e. The third-order valence-electron chi connectivity index (χ3n) is 3.41. The molecular weight excluding hydrogens is 301 g/mol. The molecule has 0 radical (unpaired) electrons. The van der Waals surface area contributed by atoms with Crippen LogP contribution in [0.5, 0.6) is 5.75 Å². The topological polar surface area (TPSA) is 71.5 Å². The number of carbonyl (C=O) groups excluding carboxylic acids is 2. The van der Waals surface area contributed by atoms with Gasteiger partial charge in [-0.2, -0.15) is 0 Å². The van der Waals surface area contributed by atoms with Gasteiger partial charge in [0.2, 0.25) is 5.91 Å². The molecule has 2 aromatic rings. The Bertz CT molecular complexity index is 718. The lowest BCUT2D eigenvalue weighted by molar-refractivity contribution is -0.125. The molecule has 1 aromatic carbocycles. The highest BCUT2D eigenvalue weighted by molar-refractivity contribution is 6.01. The predicted molar refractivity (Wildman–Crippen MR) is 80.2 cm³/mol. The summed E-state index contributed by atoms with van der Waals surface area (Å²) in [4.78, 5) is 28.0. The van der Waals surface area contributed by atoms with Crippen LogP contribution in [0.25, 0.3) is 11.3 Å². The molecule has 3 rings (SSSR count). The molecule has 1 aromatic heterocycles. The quantitative estimate of drug-likeness (QED) is 0.854. The van der Waals surface area contributed by atoms with Gasteiger partial charge in [-0.05, 0) is 24.3 Å². The number of ether oxygens (including phenoxy) is 1. The highest BCUT2D eigenvalue weighted by atomic mass is 19.1. The summed E-state index contributed by atoms with van der Waals surface area (Å²) in [6.45, 7) is 0.358. The van der Waals surface area contributed by atoms with Gasteiger partial charge >= 0.3 is 6.03 Å². The van der Waals surface area contributed by atoms with Crippen LogP contribution < -0.4 is 10.1 Å². The Labute approximate surface area is 131 Å². The zero-order chi connectivity index (χ0) is 16.2. The second-order valence-corrected chi connectivity index (χ2v) is 4.91. The number of rotatable bonds is 5. The third kappa shape index (κ3) is 3.28. The van der Waals surface area contributed by atoms with Crippen molar-refractivity contribution in [3.05, 3.63) is 48.4 Å². The van der Waals surface area contributed by atoms with Crippen LogP contribution in [0.15, 0.2) is 42.6 Å². The van der Waals surface area contributed by atoms with Gasteiger partial charge in [0.05, 0.1) is 25.0 Å². The molecule has 0 bridgehead atoms. The Hall–Kier alpha value is -2.96. The number of urea groups is 1. The van der Waals surface area contributed by atoms with Crippen LogP contribution in [-0.4, -0.2) is 41.5 Å². The Balaban J connectivity index is 1.59. The SMILES string of the molecule is O=C1CNC(=O)N1CCOc1ccc(-c2ccccc2F)nc1. The van der Waals surface area contributed by atoms with Gasteiger partial charge in [0.25, 0.3) is 0 Å². The van der Waals surface area contributed by atoms with E-state index in [0.717, 1.165) is 4.90 Å². The second kappa shape index (κ2) is 6.43. The van der Waals surface area contributed by atoms with Crippen LogP contribution in [0.2, 0.25) is 0 Å². The van der Waals surface area contributed by atoms with E-state index in [1.165, 1.54) is 12.3 Å². The van der Waals surface area contributed by atoms with Crippen molar-refractivity contribution in [2.45, 2.75) is 0 Å². The first-order chi connectivity index (χ1) is 11.1. The molecule has 118 valence electrons. The van der Waals surface area contributed by atoms with E-state index in [1.807, 2.05) is 0 Å². The summed E-state index contributed by atoms with van der Waals surface area (Å²) in [6, 6.07) is 9.29. The van der Waals surface area contributed by atoms with E-state index in [9.17, 15) is 14.0 Å². The second-order valence-electron chi connectivity index (χ2n) is 4.91. The van der Waals surface area contributed by atoms with E-state index in [1.54, 1.807) is 30.3 Å². The molecular formula is C16H14FN3O3. The lowest BCUT2D eigenvalue weighted by Gasteiger charge is -2.13. The largest absolute Gasteiger partial charge is 0.490 e. The van der Waals surface area contributed by atoms with Gasteiger partial charge in [-0.3, -0.25) is 14.7 Å². The van der Waals surface area contributed by atoms with E-state index in [2.05, 4.69) is 10.3 Å². The van der Waals surface area contributed by atoms with Crippen molar-refractivity contribution in [3.63, 3.8) is 0 Å². The first-order valence-corrected chi connectivity index (χ1v) is 7.07. The van der Waals surface area contributed by atoms with Crippen LogP contribution in [0.4, 0.5) is 9.18 Å². The molecule has 1 N–H and O–H groups in total. The Morgan fingerprint density at radius 3 is 2.70 bits per heavy atom. The molecule has 0 unspecified atom stereocenters. The molecule has 1 aliphatic heterocycles. The molecule has 1 fully saturated rings. The molecule has 0 saturated carbocycles. The van der Waals surface area contributed by atoms with Crippen LogP contribution in [-0.2, 0) is 4.79 Å². The number of halogens is 1. The van der Waals surface area contributed by atoms with Crippen molar-refractivity contribution in [1.82, 2.24) is 15.2 Å². The third-order valence-corrected chi connectivity index (χ3v) is 3.41. The average molecular weight is 315 g/mol. The minimum Gasteiger partial charge on any atom is -0.490 e. The fraction of sp³-hybridized carbons (Fsp3) is 0.188. The van der Waals surface area contributed by atoms with Gasteiger partial charge in [-0.25, -0.2) is 9.18 Å². The van der Waals surface area contributed by atoms with Crippen LogP contribution >= 0.6 is 0 Å². The van der Waals surface area contributed by atoms with Crippen molar-refractivity contribution in [2.75, 3.05) is 19.7 Å². The zero-order valence-electron chi connectivity index (χ0n) is 12.2. The molecule has 3 amide bonds. The van der Waals surface area contributed by atoms with Crippen molar-refractivity contribution in [3.8, 4) is 17.0 Å². The zero-order valence-corrected chi connectivity index (χ0v) is 12.2. The highest BCUT2D eigenvalue weighted by Crippen LogP contribution is 2.22. The summed E-state index contributed by atoms with van der Waals surface area (Å²) in [5.74, 6) is -0.129. The van der Waals surface area contributed by atoms with E-state index in [-0.39, 0.29) is 31.4 Å². The average Bonchev–Trinajstić information content (AvgIpc) is 2.88. The number of benzene rings is 1. The molecule has 6 nitrogen and oxygen atoms in total.